The van der Waals surface area contributed by atoms with Crippen LogP contribution in [0.3, 0.4) is 0 Å². The summed E-state index contributed by atoms with van der Waals surface area (Å²) >= 11 is 1.18. The lowest BCUT2D eigenvalue weighted by Gasteiger charge is -2.27. The highest BCUT2D eigenvalue weighted by Gasteiger charge is 2.40. The van der Waals surface area contributed by atoms with Crippen molar-refractivity contribution >= 4 is 38.7 Å². The van der Waals surface area contributed by atoms with Gasteiger partial charge in [-0.25, -0.2) is 9.18 Å². The Balaban J connectivity index is 1.63. The summed E-state index contributed by atoms with van der Waals surface area (Å²) in [5.74, 6) is -1.02. The van der Waals surface area contributed by atoms with E-state index in [1.807, 2.05) is 11.0 Å². The second-order valence-electron chi connectivity index (χ2n) is 8.17. The number of hydrogen-bond acceptors (Lipinski definition) is 6. The van der Waals surface area contributed by atoms with Crippen LogP contribution in [-0.4, -0.2) is 34.6 Å². The third-order valence-corrected chi connectivity index (χ3v) is 7.57. The standard InChI is InChI=1S/C21H18FN3O4S/c22-13-4-11-16-19(17(13)24-5-9-2-1-3-14(23)12(9)6-24)29-7-10-8-30-20(25(10)16)15(18(11)26)21(27)28/h1,3-4,8-9,12,14H,2,5-7,23H2,(H,27,28). The minimum Gasteiger partial charge on any atom is -0.483 e. The summed E-state index contributed by atoms with van der Waals surface area (Å²) in [6.45, 7) is 1.45. The van der Waals surface area contributed by atoms with Gasteiger partial charge in [-0.3, -0.25) is 9.20 Å². The predicted octanol–water partition coefficient (Wildman–Crippen LogP) is 2.58. The van der Waals surface area contributed by atoms with Gasteiger partial charge < -0.3 is 20.5 Å². The third-order valence-electron chi connectivity index (χ3n) is 6.57. The van der Waals surface area contributed by atoms with Crippen LogP contribution in [0.4, 0.5) is 10.1 Å². The van der Waals surface area contributed by atoms with E-state index < -0.39 is 17.2 Å². The van der Waals surface area contributed by atoms with E-state index >= 15 is 4.39 Å². The van der Waals surface area contributed by atoms with Gasteiger partial charge in [-0.1, -0.05) is 12.2 Å². The maximum absolute atomic E-state index is 15.4. The molecule has 1 saturated heterocycles. The zero-order valence-electron chi connectivity index (χ0n) is 15.8. The molecule has 154 valence electrons. The van der Waals surface area contributed by atoms with Gasteiger partial charge in [-0.05, 0) is 24.3 Å². The largest absolute Gasteiger partial charge is 0.483 e. The first-order valence-electron chi connectivity index (χ1n) is 9.80. The maximum atomic E-state index is 15.4. The maximum Gasteiger partial charge on any atom is 0.342 e. The van der Waals surface area contributed by atoms with E-state index in [1.54, 1.807) is 9.78 Å². The number of nitrogens with zero attached hydrogens (tertiary/aromatic N) is 2. The van der Waals surface area contributed by atoms with Crippen molar-refractivity contribution in [2.45, 2.75) is 19.1 Å². The molecule has 2 aromatic heterocycles. The van der Waals surface area contributed by atoms with Gasteiger partial charge in [0.1, 0.15) is 28.2 Å². The number of ether oxygens (including phenoxy) is 1. The van der Waals surface area contributed by atoms with Crippen LogP contribution in [0.15, 0.2) is 28.4 Å². The molecule has 2 aliphatic heterocycles. The van der Waals surface area contributed by atoms with Gasteiger partial charge in [0.2, 0.25) is 5.43 Å². The van der Waals surface area contributed by atoms with Crippen molar-refractivity contribution in [2.75, 3.05) is 18.0 Å². The zero-order valence-corrected chi connectivity index (χ0v) is 16.6. The normalized spacial score (nSPS) is 24.6. The number of fused-ring (bicyclic) bond motifs is 1. The number of carboxylic acids is 1. The van der Waals surface area contributed by atoms with Crippen LogP contribution in [0.25, 0.3) is 15.7 Å². The van der Waals surface area contributed by atoms with Crippen molar-refractivity contribution in [2.24, 2.45) is 17.6 Å². The van der Waals surface area contributed by atoms with Gasteiger partial charge in [-0.2, -0.15) is 0 Å². The van der Waals surface area contributed by atoms with E-state index in [4.69, 9.17) is 10.5 Å². The molecule has 9 heteroatoms. The molecule has 7 nitrogen and oxygen atoms in total. The Kier molecular flexibility index (Phi) is 3.61. The van der Waals surface area contributed by atoms with E-state index in [-0.39, 0.29) is 29.5 Å². The lowest BCUT2D eigenvalue weighted by molar-refractivity contribution is 0.0697. The zero-order chi connectivity index (χ0) is 20.7. The van der Waals surface area contributed by atoms with Crippen molar-refractivity contribution in [3.63, 3.8) is 0 Å². The fourth-order valence-corrected chi connectivity index (χ4v) is 6.22. The first-order valence-corrected chi connectivity index (χ1v) is 10.7. The number of aromatic carboxylic acids is 1. The Hall–Kier alpha value is -2.91. The number of anilines is 1. The van der Waals surface area contributed by atoms with Crippen molar-refractivity contribution < 1.29 is 19.0 Å². The smallest absolute Gasteiger partial charge is 0.342 e. The van der Waals surface area contributed by atoms with Crippen LogP contribution in [0.5, 0.6) is 5.75 Å². The highest BCUT2D eigenvalue weighted by atomic mass is 32.1. The van der Waals surface area contributed by atoms with E-state index in [2.05, 4.69) is 6.08 Å². The van der Waals surface area contributed by atoms with Crippen LogP contribution >= 0.6 is 11.3 Å². The minimum absolute atomic E-state index is 0.0236. The Morgan fingerprint density at radius 2 is 2.20 bits per heavy atom. The highest BCUT2D eigenvalue weighted by Crippen LogP contribution is 2.45. The molecule has 0 radical (unpaired) electrons. The molecular weight excluding hydrogens is 409 g/mol. The number of pyridine rings is 1. The SMILES string of the molecule is NC1C=CCC2CN(c3c(F)cc4c(=O)c(C(=O)O)c5scc6n5c4c3OC6)CC12. The Bertz CT molecular complexity index is 1340. The van der Waals surface area contributed by atoms with E-state index in [9.17, 15) is 14.7 Å². The summed E-state index contributed by atoms with van der Waals surface area (Å²) in [7, 11) is 0. The highest BCUT2D eigenvalue weighted by molar-refractivity contribution is 7.16. The molecule has 1 aromatic carbocycles. The Labute approximate surface area is 173 Å². The van der Waals surface area contributed by atoms with Crippen molar-refractivity contribution in [1.29, 1.82) is 0 Å². The van der Waals surface area contributed by atoms with Gasteiger partial charge >= 0.3 is 5.97 Å². The number of carbonyl (C=O) groups is 1. The number of aromatic nitrogens is 1. The van der Waals surface area contributed by atoms with Crippen molar-refractivity contribution in [3.8, 4) is 5.75 Å². The predicted molar refractivity (Wildman–Crippen MR) is 111 cm³/mol. The van der Waals surface area contributed by atoms with E-state index in [0.717, 1.165) is 18.2 Å². The van der Waals surface area contributed by atoms with Crippen LogP contribution in [0, 0.1) is 17.7 Å². The lowest BCUT2D eigenvalue weighted by atomic mass is 9.83. The molecule has 4 heterocycles. The molecule has 1 fully saturated rings. The van der Waals surface area contributed by atoms with Gasteiger partial charge in [0.25, 0.3) is 0 Å². The second-order valence-corrected chi connectivity index (χ2v) is 9.03. The molecule has 0 spiro atoms. The number of hydrogen-bond donors (Lipinski definition) is 2. The Morgan fingerprint density at radius 1 is 1.37 bits per heavy atom. The summed E-state index contributed by atoms with van der Waals surface area (Å²) in [5, 5.41) is 11.4. The molecule has 0 amide bonds. The molecule has 0 saturated carbocycles. The quantitative estimate of drug-likeness (QED) is 0.610. The molecular formula is C21H18FN3O4S. The van der Waals surface area contributed by atoms with Gasteiger partial charge in [0, 0.05) is 24.5 Å². The number of rotatable bonds is 2. The molecule has 3 atom stereocenters. The number of allylic oxidation sites excluding steroid dienone is 1. The summed E-state index contributed by atoms with van der Waals surface area (Å²) < 4.78 is 23.1. The molecule has 3 N–H and O–H groups in total. The molecule has 0 bridgehead atoms. The first-order chi connectivity index (χ1) is 14.5. The molecule has 30 heavy (non-hydrogen) atoms. The monoisotopic (exact) mass is 427 g/mol. The molecule has 3 aliphatic rings. The lowest BCUT2D eigenvalue weighted by Crippen LogP contribution is -2.35. The Morgan fingerprint density at radius 3 is 2.97 bits per heavy atom. The van der Waals surface area contributed by atoms with Crippen LogP contribution in [-0.2, 0) is 6.61 Å². The number of carboxylic acid groups (broad SMARTS) is 1. The summed E-state index contributed by atoms with van der Waals surface area (Å²) in [5.41, 5.74) is 6.75. The van der Waals surface area contributed by atoms with Crippen molar-refractivity contribution in [1.82, 2.24) is 4.40 Å². The van der Waals surface area contributed by atoms with E-state index in [1.165, 1.54) is 11.3 Å². The fourth-order valence-electron chi connectivity index (χ4n) is 5.19. The molecule has 6 rings (SSSR count). The minimum atomic E-state index is -1.31. The number of thiazole rings is 1. The van der Waals surface area contributed by atoms with Crippen LogP contribution in [0.2, 0.25) is 0 Å². The summed E-state index contributed by atoms with van der Waals surface area (Å²) in [6, 6.07) is 1.09. The third kappa shape index (κ3) is 2.21. The number of halogens is 1. The fraction of sp³-hybridized carbons (Fsp3) is 0.333. The molecule has 1 aliphatic carbocycles. The summed E-state index contributed by atoms with van der Waals surface area (Å²) in [4.78, 5) is 27.0. The second kappa shape index (κ2) is 6.05. The van der Waals surface area contributed by atoms with Gasteiger partial charge in [-0.15, -0.1) is 11.3 Å². The number of benzene rings is 1. The average molecular weight is 427 g/mol. The van der Waals surface area contributed by atoms with Crippen LogP contribution < -0.4 is 20.8 Å². The van der Waals surface area contributed by atoms with Crippen molar-refractivity contribution in [3.05, 3.63) is 50.9 Å². The van der Waals surface area contributed by atoms with Gasteiger partial charge in [0.15, 0.2) is 11.6 Å². The average Bonchev–Trinajstić information content (AvgIpc) is 3.32. The molecule has 3 unspecified atom stereocenters. The first kappa shape index (κ1) is 17.9. The summed E-state index contributed by atoms with van der Waals surface area (Å²) in [6.07, 6.45) is 5.00. The molecule has 3 aromatic rings. The van der Waals surface area contributed by atoms with Crippen LogP contribution in [0.1, 0.15) is 22.5 Å². The van der Waals surface area contributed by atoms with E-state index in [0.29, 0.717) is 40.8 Å². The van der Waals surface area contributed by atoms with Gasteiger partial charge in [0.05, 0.1) is 11.1 Å². The number of nitrogens with two attached hydrogens (primary N) is 1. The topological polar surface area (TPSA) is 97.3 Å².